The van der Waals surface area contributed by atoms with Crippen LogP contribution in [-0.2, 0) is 0 Å². The summed E-state index contributed by atoms with van der Waals surface area (Å²) in [6, 6.07) is 2.39. The molecule has 0 saturated carbocycles. The Morgan fingerprint density at radius 3 is 2.74 bits per heavy atom. The quantitative estimate of drug-likeness (QED) is 0.811. The maximum absolute atomic E-state index is 8.76. The number of nitrogens with zero attached hydrogens (tertiary/aromatic N) is 4. The molecule has 104 valence electrons. The molecule has 0 aliphatic rings. The molecule has 0 saturated heterocycles. The molecule has 0 amide bonds. The van der Waals surface area contributed by atoms with Crippen molar-refractivity contribution in [2.75, 3.05) is 30.4 Å². The molecule has 0 unspecified atom stereocenters. The van der Waals surface area contributed by atoms with E-state index in [-0.39, 0.29) is 6.04 Å². The lowest BCUT2D eigenvalue weighted by atomic mass is 10.2. The number of nitriles is 1. The number of methoxy groups -OCH3 is 1. The van der Waals surface area contributed by atoms with Crippen molar-refractivity contribution in [2.24, 2.45) is 0 Å². The second-order valence-electron chi connectivity index (χ2n) is 4.30. The normalized spacial score (nSPS) is 10.1. The molecule has 1 aromatic heterocycles. The molecule has 0 aromatic carbocycles. The minimum Gasteiger partial charge on any atom is -0.490 e. The van der Waals surface area contributed by atoms with Crippen molar-refractivity contribution in [2.45, 2.75) is 33.2 Å². The van der Waals surface area contributed by atoms with Gasteiger partial charge in [-0.3, -0.25) is 0 Å². The van der Waals surface area contributed by atoms with Crippen LogP contribution in [0.4, 0.5) is 11.6 Å². The van der Waals surface area contributed by atoms with E-state index in [0.29, 0.717) is 24.5 Å². The first-order valence-electron chi connectivity index (χ1n) is 6.42. The van der Waals surface area contributed by atoms with E-state index in [2.05, 4.69) is 35.2 Å². The molecule has 1 N–H and O–H groups in total. The van der Waals surface area contributed by atoms with Gasteiger partial charge in [0.05, 0.1) is 19.6 Å². The molecule has 6 heteroatoms. The molecule has 0 bridgehead atoms. The molecule has 0 aliphatic carbocycles. The first-order chi connectivity index (χ1) is 9.15. The van der Waals surface area contributed by atoms with Crippen LogP contribution in [-0.4, -0.2) is 36.2 Å². The predicted octanol–water partition coefficient (Wildman–Crippen LogP) is 2.05. The predicted molar refractivity (Wildman–Crippen MR) is 75.5 cm³/mol. The summed E-state index contributed by atoms with van der Waals surface area (Å²) in [5.41, 5.74) is 0. The van der Waals surface area contributed by atoms with Gasteiger partial charge < -0.3 is 15.0 Å². The van der Waals surface area contributed by atoms with Gasteiger partial charge in [0, 0.05) is 19.1 Å². The molecule has 1 rings (SSSR count). The average Bonchev–Trinajstić information content (AvgIpc) is 2.39. The van der Waals surface area contributed by atoms with E-state index < -0.39 is 0 Å². The van der Waals surface area contributed by atoms with Gasteiger partial charge in [0.25, 0.3) is 0 Å². The van der Waals surface area contributed by atoms with Crippen molar-refractivity contribution < 1.29 is 4.74 Å². The van der Waals surface area contributed by atoms with Crippen LogP contribution < -0.4 is 15.0 Å². The second kappa shape index (κ2) is 7.41. The fraction of sp³-hybridized carbons (Fsp3) is 0.615. The smallest absolute Gasteiger partial charge is 0.204 e. The van der Waals surface area contributed by atoms with Gasteiger partial charge in [-0.15, -0.1) is 0 Å². The maximum atomic E-state index is 8.76. The SMILES string of the molecule is CCNc1ncnc(N(CCC#N)C(C)C)c1OC. The molecule has 0 spiro atoms. The van der Waals surface area contributed by atoms with Gasteiger partial charge in [-0.25, -0.2) is 9.97 Å². The van der Waals surface area contributed by atoms with Crippen LogP contribution in [0, 0.1) is 11.3 Å². The van der Waals surface area contributed by atoms with E-state index in [4.69, 9.17) is 10.00 Å². The van der Waals surface area contributed by atoms with E-state index >= 15 is 0 Å². The van der Waals surface area contributed by atoms with E-state index in [9.17, 15) is 0 Å². The number of aromatic nitrogens is 2. The Hall–Kier alpha value is -2.03. The van der Waals surface area contributed by atoms with E-state index in [1.807, 2.05) is 11.8 Å². The lowest BCUT2D eigenvalue weighted by Gasteiger charge is -2.28. The van der Waals surface area contributed by atoms with Crippen molar-refractivity contribution in [3.8, 4) is 11.8 Å². The summed E-state index contributed by atoms with van der Waals surface area (Å²) in [4.78, 5) is 10.5. The zero-order chi connectivity index (χ0) is 14.3. The number of hydrogen-bond acceptors (Lipinski definition) is 6. The highest BCUT2D eigenvalue weighted by atomic mass is 16.5. The number of nitrogens with one attached hydrogen (secondary N) is 1. The number of rotatable bonds is 7. The summed E-state index contributed by atoms with van der Waals surface area (Å²) in [6.07, 6.45) is 1.96. The Bertz CT molecular complexity index is 441. The Morgan fingerprint density at radius 2 is 2.21 bits per heavy atom. The van der Waals surface area contributed by atoms with Gasteiger partial charge in [-0.05, 0) is 20.8 Å². The molecular weight excluding hydrogens is 242 g/mol. The molecular formula is C13H21N5O. The van der Waals surface area contributed by atoms with Gasteiger partial charge >= 0.3 is 0 Å². The van der Waals surface area contributed by atoms with E-state index in [0.717, 1.165) is 12.4 Å². The summed E-state index contributed by atoms with van der Waals surface area (Å²) in [5.74, 6) is 2.02. The highest BCUT2D eigenvalue weighted by Gasteiger charge is 2.19. The number of ether oxygens (including phenoxy) is 1. The van der Waals surface area contributed by atoms with Gasteiger partial charge in [0.2, 0.25) is 5.75 Å². The van der Waals surface area contributed by atoms with E-state index in [1.54, 1.807) is 7.11 Å². The second-order valence-corrected chi connectivity index (χ2v) is 4.30. The van der Waals surface area contributed by atoms with Gasteiger partial charge in [0.15, 0.2) is 11.6 Å². The topological polar surface area (TPSA) is 74.1 Å². The molecule has 1 heterocycles. The Kier molecular flexibility index (Phi) is 5.86. The molecule has 19 heavy (non-hydrogen) atoms. The molecule has 0 aliphatic heterocycles. The van der Waals surface area contributed by atoms with Crippen LogP contribution in [0.1, 0.15) is 27.2 Å². The summed E-state index contributed by atoms with van der Waals surface area (Å²) < 4.78 is 5.43. The first kappa shape index (κ1) is 15.0. The minimum absolute atomic E-state index is 0.228. The summed E-state index contributed by atoms with van der Waals surface area (Å²) >= 11 is 0. The molecule has 1 aromatic rings. The average molecular weight is 263 g/mol. The highest BCUT2D eigenvalue weighted by molar-refractivity contribution is 5.65. The Balaban J connectivity index is 3.14. The van der Waals surface area contributed by atoms with Crippen LogP contribution in [0.5, 0.6) is 5.75 Å². The van der Waals surface area contributed by atoms with Crippen LogP contribution in [0.3, 0.4) is 0 Å². The summed E-state index contributed by atoms with van der Waals surface area (Å²) in [6.45, 7) is 7.49. The molecule has 0 atom stereocenters. The lowest BCUT2D eigenvalue weighted by molar-refractivity contribution is 0.411. The summed E-state index contributed by atoms with van der Waals surface area (Å²) in [5, 5.41) is 11.9. The number of anilines is 2. The standard InChI is InChI=1S/C13H21N5O/c1-5-15-12-11(19-4)13(17-9-16-12)18(10(2)3)8-6-7-14/h9-10H,5-6,8H2,1-4H3,(H,15,16,17). The zero-order valence-corrected chi connectivity index (χ0v) is 12.0. The van der Waals surface area contributed by atoms with Crippen molar-refractivity contribution in [1.29, 1.82) is 5.26 Å². The Morgan fingerprint density at radius 1 is 1.47 bits per heavy atom. The zero-order valence-electron chi connectivity index (χ0n) is 12.0. The lowest BCUT2D eigenvalue weighted by Crippen LogP contribution is -2.33. The van der Waals surface area contributed by atoms with Crippen LogP contribution in [0.25, 0.3) is 0 Å². The van der Waals surface area contributed by atoms with Crippen molar-refractivity contribution in [1.82, 2.24) is 9.97 Å². The van der Waals surface area contributed by atoms with Crippen molar-refractivity contribution in [3.63, 3.8) is 0 Å². The van der Waals surface area contributed by atoms with E-state index in [1.165, 1.54) is 6.33 Å². The highest BCUT2D eigenvalue weighted by Crippen LogP contribution is 2.32. The van der Waals surface area contributed by atoms with Crippen LogP contribution in [0.15, 0.2) is 6.33 Å². The monoisotopic (exact) mass is 263 g/mol. The number of hydrogen-bond donors (Lipinski definition) is 1. The first-order valence-corrected chi connectivity index (χ1v) is 6.42. The van der Waals surface area contributed by atoms with Crippen molar-refractivity contribution in [3.05, 3.63) is 6.33 Å². The van der Waals surface area contributed by atoms with Crippen molar-refractivity contribution >= 4 is 11.6 Å². The van der Waals surface area contributed by atoms with Crippen LogP contribution >= 0.6 is 0 Å². The van der Waals surface area contributed by atoms with Gasteiger partial charge in [-0.2, -0.15) is 5.26 Å². The maximum Gasteiger partial charge on any atom is 0.204 e. The minimum atomic E-state index is 0.228. The third-order valence-electron chi connectivity index (χ3n) is 2.69. The Labute approximate surface area is 114 Å². The van der Waals surface area contributed by atoms with Gasteiger partial charge in [0.1, 0.15) is 6.33 Å². The summed E-state index contributed by atoms with van der Waals surface area (Å²) in [7, 11) is 1.60. The molecule has 0 fully saturated rings. The third-order valence-corrected chi connectivity index (χ3v) is 2.69. The third kappa shape index (κ3) is 3.71. The van der Waals surface area contributed by atoms with Crippen LogP contribution in [0.2, 0.25) is 0 Å². The molecule has 0 radical (unpaired) electrons. The van der Waals surface area contributed by atoms with Gasteiger partial charge in [-0.1, -0.05) is 0 Å². The largest absolute Gasteiger partial charge is 0.490 e. The molecule has 6 nitrogen and oxygen atoms in total. The fourth-order valence-electron chi connectivity index (χ4n) is 1.83. The fourth-order valence-corrected chi connectivity index (χ4v) is 1.83.